The van der Waals surface area contributed by atoms with E-state index < -0.39 is 0 Å². The number of fused-ring (bicyclic) bond motifs is 3. The van der Waals surface area contributed by atoms with E-state index in [-0.39, 0.29) is 0 Å². The van der Waals surface area contributed by atoms with Gasteiger partial charge in [0.15, 0.2) is 0 Å². The molecule has 3 saturated carbocycles. The summed E-state index contributed by atoms with van der Waals surface area (Å²) in [4.78, 5) is 0. The summed E-state index contributed by atoms with van der Waals surface area (Å²) in [5, 5.41) is 0. The van der Waals surface area contributed by atoms with Gasteiger partial charge in [0, 0.05) is 0 Å². The molecule has 0 N–H and O–H groups in total. The first-order valence-corrected chi connectivity index (χ1v) is 9.94. The third-order valence-corrected chi connectivity index (χ3v) is 9.14. The van der Waals surface area contributed by atoms with Gasteiger partial charge >= 0.3 is 0 Å². The molecular formula is C22H38. The SMILES string of the molecule is C=C(C)C1(C)CCC2C(CCC3(C)CCCCC23C)C1CC. The van der Waals surface area contributed by atoms with Gasteiger partial charge in [-0.05, 0) is 79.4 Å². The van der Waals surface area contributed by atoms with Crippen LogP contribution in [0.3, 0.4) is 0 Å². The predicted octanol–water partition coefficient (Wildman–Crippen LogP) is 7.00. The van der Waals surface area contributed by atoms with Crippen LogP contribution in [0.5, 0.6) is 0 Å². The lowest BCUT2D eigenvalue weighted by molar-refractivity contribution is -0.148. The van der Waals surface area contributed by atoms with Gasteiger partial charge < -0.3 is 0 Å². The van der Waals surface area contributed by atoms with Crippen molar-refractivity contribution in [1.29, 1.82) is 0 Å². The topological polar surface area (TPSA) is 0 Å². The largest absolute Gasteiger partial charge is 0.0996 e. The Hall–Kier alpha value is -0.260. The first-order chi connectivity index (χ1) is 10.3. The Morgan fingerprint density at radius 2 is 1.68 bits per heavy atom. The average molecular weight is 303 g/mol. The predicted molar refractivity (Wildman–Crippen MR) is 96.8 cm³/mol. The fourth-order valence-electron chi connectivity index (χ4n) is 7.21. The second-order valence-electron chi connectivity index (χ2n) is 9.75. The minimum absolute atomic E-state index is 0.398. The van der Waals surface area contributed by atoms with E-state index in [0.717, 1.165) is 17.8 Å². The molecule has 3 aliphatic carbocycles. The van der Waals surface area contributed by atoms with E-state index >= 15 is 0 Å². The highest BCUT2D eigenvalue weighted by Gasteiger charge is 2.59. The van der Waals surface area contributed by atoms with Gasteiger partial charge in [-0.25, -0.2) is 0 Å². The van der Waals surface area contributed by atoms with Gasteiger partial charge in [0.25, 0.3) is 0 Å². The lowest BCUT2D eigenvalue weighted by Crippen LogP contribution is -2.57. The van der Waals surface area contributed by atoms with Crippen LogP contribution in [-0.2, 0) is 0 Å². The van der Waals surface area contributed by atoms with Crippen LogP contribution in [0.4, 0.5) is 0 Å². The van der Waals surface area contributed by atoms with Gasteiger partial charge in [0.2, 0.25) is 0 Å². The van der Waals surface area contributed by atoms with Crippen molar-refractivity contribution in [3.63, 3.8) is 0 Å². The maximum atomic E-state index is 4.40. The Balaban J connectivity index is 1.95. The zero-order chi connectivity index (χ0) is 16.2. The maximum absolute atomic E-state index is 4.40. The summed E-state index contributed by atoms with van der Waals surface area (Å²) >= 11 is 0. The van der Waals surface area contributed by atoms with Crippen molar-refractivity contribution in [1.82, 2.24) is 0 Å². The molecule has 6 unspecified atom stereocenters. The minimum Gasteiger partial charge on any atom is -0.0996 e. The van der Waals surface area contributed by atoms with Crippen molar-refractivity contribution >= 4 is 0 Å². The van der Waals surface area contributed by atoms with Gasteiger partial charge in [-0.1, -0.05) is 59.1 Å². The van der Waals surface area contributed by atoms with Gasteiger partial charge in [-0.3, -0.25) is 0 Å². The molecule has 0 bridgehead atoms. The molecular weight excluding hydrogens is 264 g/mol. The second-order valence-corrected chi connectivity index (χ2v) is 9.75. The van der Waals surface area contributed by atoms with E-state index in [9.17, 15) is 0 Å². The van der Waals surface area contributed by atoms with Crippen molar-refractivity contribution in [3.05, 3.63) is 12.2 Å². The van der Waals surface area contributed by atoms with Crippen LogP contribution in [0.25, 0.3) is 0 Å². The fourth-order valence-corrected chi connectivity index (χ4v) is 7.21. The van der Waals surface area contributed by atoms with E-state index in [1.165, 1.54) is 63.4 Å². The van der Waals surface area contributed by atoms with Crippen LogP contribution in [0.2, 0.25) is 0 Å². The van der Waals surface area contributed by atoms with Crippen LogP contribution in [0, 0.1) is 34.0 Å². The van der Waals surface area contributed by atoms with E-state index in [1.807, 2.05) is 0 Å². The Morgan fingerprint density at radius 1 is 1.00 bits per heavy atom. The van der Waals surface area contributed by atoms with Crippen LogP contribution in [0.1, 0.15) is 92.4 Å². The van der Waals surface area contributed by atoms with E-state index in [1.54, 1.807) is 0 Å². The normalized spacial score (nSPS) is 51.8. The van der Waals surface area contributed by atoms with Gasteiger partial charge in [-0.2, -0.15) is 0 Å². The van der Waals surface area contributed by atoms with Gasteiger partial charge in [0.1, 0.15) is 0 Å². The highest BCUT2D eigenvalue weighted by atomic mass is 14.6. The number of rotatable bonds is 2. The van der Waals surface area contributed by atoms with Crippen LogP contribution < -0.4 is 0 Å². The Labute approximate surface area is 139 Å². The van der Waals surface area contributed by atoms with Crippen molar-refractivity contribution in [3.8, 4) is 0 Å². The molecule has 126 valence electrons. The standard InChI is InChI=1S/C22H38/c1-7-18-17-10-14-20(4)12-8-9-13-22(20,6)19(17)11-15-21(18,5)16(2)3/h17-19H,2,7-15H2,1,3-6H3. The molecule has 0 heterocycles. The molecule has 0 aliphatic heterocycles. The number of hydrogen-bond donors (Lipinski definition) is 0. The summed E-state index contributed by atoms with van der Waals surface area (Å²) in [5.41, 5.74) is 3.08. The van der Waals surface area contributed by atoms with E-state index in [0.29, 0.717) is 16.2 Å². The molecule has 0 radical (unpaired) electrons. The highest BCUT2D eigenvalue weighted by Crippen LogP contribution is 2.68. The Morgan fingerprint density at radius 3 is 2.32 bits per heavy atom. The summed E-state index contributed by atoms with van der Waals surface area (Å²) in [6.45, 7) is 17.0. The molecule has 0 spiro atoms. The van der Waals surface area contributed by atoms with Crippen LogP contribution >= 0.6 is 0 Å². The van der Waals surface area contributed by atoms with E-state index in [2.05, 4.69) is 41.2 Å². The highest BCUT2D eigenvalue weighted by molar-refractivity contribution is 5.16. The number of hydrogen-bond acceptors (Lipinski definition) is 0. The molecule has 0 aromatic carbocycles. The summed E-state index contributed by atoms with van der Waals surface area (Å²) in [5.74, 6) is 2.80. The van der Waals surface area contributed by atoms with Crippen LogP contribution in [-0.4, -0.2) is 0 Å². The molecule has 0 amide bonds. The van der Waals surface area contributed by atoms with Crippen molar-refractivity contribution in [2.75, 3.05) is 0 Å². The van der Waals surface area contributed by atoms with E-state index in [4.69, 9.17) is 0 Å². The zero-order valence-corrected chi connectivity index (χ0v) is 15.8. The molecule has 0 aromatic heterocycles. The average Bonchev–Trinajstić information content (AvgIpc) is 2.47. The zero-order valence-electron chi connectivity index (χ0n) is 15.8. The first-order valence-electron chi connectivity index (χ1n) is 9.94. The van der Waals surface area contributed by atoms with Crippen LogP contribution in [0.15, 0.2) is 12.2 Å². The molecule has 0 heteroatoms. The van der Waals surface area contributed by atoms with Crippen molar-refractivity contribution in [2.45, 2.75) is 92.4 Å². The molecule has 0 nitrogen and oxygen atoms in total. The van der Waals surface area contributed by atoms with Crippen molar-refractivity contribution in [2.24, 2.45) is 34.0 Å². The monoisotopic (exact) mass is 302 g/mol. The Bertz CT molecular complexity index is 449. The van der Waals surface area contributed by atoms with Gasteiger partial charge in [-0.15, -0.1) is 0 Å². The maximum Gasteiger partial charge on any atom is -0.00908 e. The third-order valence-electron chi connectivity index (χ3n) is 9.14. The molecule has 0 aromatic rings. The molecule has 0 saturated heterocycles. The molecule has 3 fully saturated rings. The Kier molecular flexibility index (Phi) is 4.06. The molecule has 22 heavy (non-hydrogen) atoms. The number of allylic oxidation sites excluding steroid dienone is 1. The quantitative estimate of drug-likeness (QED) is 0.482. The lowest BCUT2D eigenvalue weighted by Gasteiger charge is -2.65. The minimum atomic E-state index is 0.398. The first kappa shape index (κ1) is 16.6. The summed E-state index contributed by atoms with van der Waals surface area (Å²) in [6, 6.07) is 0. The molecule has 3 aliphatic rings. The molecule has 3 rings (SSSR count). The van der Waals surface area contributed by atoms with Gasteiger partial charge in [0.05, 0.1) is 0 Å². The summed E-state index contributed by atoms with van der Waals surface area (Å²) < 4.78 is 0. The smallest absolute Gasteiger partial charge is 0.00908 e. The third kappa shape index (κ3) is 2.08. The van der Waals surface area contributed by atoms with Crippen molar-refractivity contribution < 1.29 is 0 Å². The summed E-state index contributed by atoms with van der Waals surface area (Å²) in [7, 11) is 0. The summed E-state index contributed by atoms with van der Waals surface area (Å²) in [6.07, 6.45) is 13.1. The fraction of sp³-hybridized carbons (Fsp3) is 0.909. The lowest BCUT2D eigenvalue weighted by atomic mass is 9.40. The molecule has 6 atom stereocenters. The second kappa shape index (κ2) is 5.38.